The Kier molecular flexibility index (Phi) is 7.51. The maximum atomic E-state index is 2.22. The summed E-state index contributed by atoms with van der Waals surface area (Å²) in [6.07, 6.45) is 8.41. The Morgan fingerprint density at radius 3 is 1.76 bits per heavy atom. The number of nitrogens with zero attached hydrogens (tertiary/aromatic N) is 2. The quantitative estimate of drug-likeness (QED) is 0.498. The minimum Gasteiger partial charge on any atom is -1.00 e. The van der Waals surface area contributed by atoms with Crippen molar-refractivity contribution in [1.82, 2.24) is 0 Å². The third-order valence-electron chi connectivity index (χ3n) is 2.50. The highest BCUT2D eigenvalue weighted by Gasteiger charge is 2.15. The molecule has 0 radical (unpaired) electrons. The Morgan fingerprint density at radius 2 is 1.24 bits per heavy atom. The summed E-state index contributed by atoms with van der Waals surface area (Å²) < 4.78 is 4.42. The molecule has 0 fully saturated rings. The lowest BCUT2D eigenvalue weighted by Crippen LogP contribution is -3.00. The van der Waals surface area contributed by atoms with Crippen LogP contribution in [0.5, 0.6) is 0 Å². The lowest BCUT2D eigenvalue weighted by molar-refractivity contribution is -0.795. The normalized spacial score (nSPS) is 10.9. The van der Waals surface area contributed by atoms with E-state index in [1.807, 2.05) is 12.1 Å². The van der Waals surface area contributed by atoms with Crippen molar-refractivity contribution >= 4 is 0 Å². The zero-order valence-corrected chi connectivity index (χ0v) is 11.2. The number of hydrogen-bond donors (Lipinski definition) is 0. The molecule has 1 atom stereocenters. The summed E-state index contributed by atoms with van der Waals surface area (Å²) in [5.41, 5.74) is 0. The van der Waals surface area contributed by atoms with Crippen LogP contribution in [0.4, 0.5) is 0 Å². The van der Waals surface area contributed by atoms with Gasteiger partial charge in [-0.2, -0.15) is 9.13 Å². The zero-order chi connectivity index (χ0) is 10.5. The van der Waals surface area contributed by atoms with Crippen molar-refractivity contribution < 1.29 is 33.9 Å². The molecule has 92 valence electrons. The summed E-state index contributed by atoms with van der Waals surface area (Å²) in [6.45, 7) is 3.22. The van der Waals surface area contributed by atoms with Gasteiger partial charge in [-0.3, -0.25) is 0 Å². The van der Waals surface area contributed by atoms with Gasteiger partial charge in [0.1, 0.15) is 0 Å². The van der Waals surface area contributed by atoms with Gasteiger partial charge < -0.3 is 24.8 Å². The van der Waals surface area contributed by atoms with E-state index in [9.17, 15) is 0 Å². The first-order valence-electron chi connectivity index (χ1n) is 5.26. The fraction of sp³-hybridized carbons (Fsp3) is 0.231. The molecule has 0 saturated carbocycles. The predicted octanol–water partition coefficient (Wildman–Crippen LogP) is -4.47. The van der Waals surface area contributed by atoms with Crippen LogP contribution >= 0.6 is 0 Å². The van der Waals surface area contributed by atoms with Crippen LogP contribution < -0.4 is 33.9 Å². The summed E-state index contributed by atoms with van der Waals surface area (Å²) >= 11 is 0. The fourth-order valence-electron chi connectivity index (χ4n) is 1.66. The molecule has 0 aromatic carbocycles. The summed E-state index contributed by atoms with van der Waals surface area (Å²) in [5, 5.41) is 0. The molecule has 2 aromatic heterocycles. The highest BCUT2D eigenvalue weighted by molar-refractivity contribution is 4.84. The Morgan fingerprint density at radius 1 is 0.765 bits per heavy atom. The van der Waals surface area contributed by atoms with E-state index in [1.165, 1.54) is 0 Å². The third-order valence-corrected chi connectivity index (χ3v) is 2.50. The molecule has 2 rings (SSSR count). The van der Waals surface area contributed by atoms with Crippen LogP contribution in [-0.2, 0) is 6.54 Å². The number of aromatic nitrogens is 2. The standard InChI is InChI=1S/C13H16N2.2ClH/c1-13(15-10-6-3-7-11-15)12-14-8-4-2-5-9-14;;/h2-11,13H,12H2,1H3;2*1H/q+2;;/p-2. The molecule has 0 N–H and O–H groups in total. The lowest BCUT2D eigenvalue weighted by atomic mass is 10.3. The number of hydrogen-bond acceptors (Lipinski definition) is 0. The van der Waals surface area contributed by atoms with Gasteiger partial charge in [-0.05, 0) is 0 Å². The predicted molar refractivity (Wildman–Crippen MR) is 58.0 cm³/mol. The topological polar surface area (TPSA) is 7.76 Å². The summed E-state index contributed by atoms with van der Waals surface area (Å²) in [4.78, 5) is 0. The van der Waals surface area contributed by atoms with Crippen LogP contribution in [-0.4, -0.2) is 0 Å². The minimum absolute atomic E-state index is 0. The second kappa shape index (κ2) is 8.04. The Balaban J connectivity index is 0.00000128. The van der Waals surface area contributed by atoms with Crippen LogP contribution in [0.2, 0.25) is 0 Å². The summed E-state index contributed by atoms with van der Waals surface area (Å²) in [6, 6.07) is 12.8. The van der Waals surface area contributed by atoms with Crippen LogP contribution in [0.25, 0.3) is 0 Å². The molecule has 2 heterocycles. The average Bonchev–Trinajstić information content (AvgIpc) is 2.31. The van der Waals surface area contributed by atoms with E-state index in [0.717, 1.165) is 6.54 Å². The lowest BCUT2D eigenvalue weighted by Gasteiger charge is -2.02. The van der Waals surface area contributed by atoms with Gasteiger partial charge in [-0.25, -0.2) is 0 Å². The zero-order valence-electron chi connectivity index (χ0n) is 9.71. The van der Waals surface area contributed by atoms with E-state index in [2.05, 4.69) is 65.1 Å². The van der Waals surface area contributed by atoms with Crippen molar-refractivity contribution in [3.05, 3.63) is 61.2 Å². The first kappa shape index (κ1) is 15.9. The second-order valence-corrected chi connectivity index (χ2v) is 3.74. The van der Waals surface area contributed by atoms with Crippen molar-refractivity contribution in [3.63, 3.8) is 0 Å². The van der Waals surface area contributed by atoms with Gasteiger partial charge in [0, 0.05) is 31.2 Å². The van der Waals surface area contributed by atoms with Crippen molar-refractivity contribution in [2.45, 2.75) is 19.5 Å². The van der Waals surface area contributed by atoms with E-state index in [1.54, 1.807) is 0 Å². The van der Waals surface area contributed by atoms with Gasteiger partial charge >= 0.3 is 0 Å². The molecule has 0 bridgehead atoms. The first-order chi connectivity index (χ1) is 7.36. The van der Waals surface area contributed by atoms with E-state index in [0.29, 0.717) is 6.04 Å². The third kappa shape index (κ3) is 4.72. The first-order valence-corrected chi connectivity index (χ1v) is 5.26. The van der Waals surface area contributed by atoms with Crippen molar-refractivity contribution in [2.75, 3.05) is 0 Å². The van der Waals surface area contributed by atoms with Gasteiger partial charge in [-0.1, -0.05) is 12.1 Å². The van der Waals surface area contributed by atoms with Crippen LogP contribution in [0.3, 0.4) is 0 Å². The molecule has 0 aliphatic heterocycles. The molecular weight excluding hydrogens is 255 g/mol. The van der Waals surface area contributed by atoms with Crippen LogP contribution in [0, 0.1) is 0 Å². The smallest absolute Gasteiger partial charge is 0.213 e. The van der Waals surface area contributed by atoms with E-state index in [-0.39, 0.29) is 24.8 Å². The number of rotatable bonds is 3. The molecule has 1 unspecified atom stereocenters. The molecule has 0 saturated heterocycles. The van der Waals surface area contributed by atoms with Gasteiger partial charge in [0.25, 0.3) is 0 Å². The highest BCUT2D eigenvalue weighted by atomic mass is 35.5. The maximum absolute atomic E-state index is 2.22. The summed E-state index contributed by atoms with van der Waals surface area (Å²) in [7, 11) is 0. The van der Waals surface area contributed by atoms with E-state index >= 15 is 0 Å². The van der Waals surface area contributed by atoms with Gasteiger partial charge in [0.05, 0.1) is 0 Å². The molecule has 0 spiro atoms. The molecule has 4 heteroatoms. The Labute approximate surface area is 115 Å². The molecule has 2 aromatic rings. The summed E-state index contributed by atoms with van der Waals surface area (Å²) in [5.74, 6) is 0. The Hall–Kier alpha value is -1.12. The van der Waals surface area contributed by atoms with E-state index < -0.39 is 0 Å². The van der Waals surface area contributed by atoms with Crippen molar-refractivity contribution in [1.29, 1.82) is 0 Å². The molecule has 0 aliphatic carbocycles. The van der Waals surface area contributed by atoms with Gasteiger partial charge in [-0.15, -0.1) is 0 Å². The van der Waals surface area contributed by atoms with Crippen molar-refractivity contribution in [3.8, 4) is 0 Å². The molecule has 17 heavy (non-hydrogen) atoms. The molecule has 0 amide bonds. The van der Waals surface area contributed by atoms with Crippen LogP contribution in [0.1, 0.15) is 13.0 Å². The van der Waals surface area contributed by atoms with Crippen molar-refractivity contribution in [2.24, 2.45) is 0 Å². The molecule has 0 aliphatic rings. The molecule has 2 nitrogen and oxygen atoms in total. The SMILES string of the molecule is CC(C[n+]1ccccc1)[n+]1ccccc1.[Cl-].[Cl-]. The van der Waals surface area contributed by atoms with Gasteiger partial charge in [0.2, 0.25) is 12.6 Å². The second-order valence-electron chi connectivity index (χ2n) is 3.74. The highest BCUT2D eigenvalue weighted by Crippen LogP contribution is 1.93. The Bertz CT molecular complexity index is 406. The van der Waals surface area contributed by atoms with Crippen LogP contribution in [0.15, 0.2) is 61.2 Å². The monoisotopic (exact) mass is 270 g/mol. The number of pyridine rings is 2. The fourth-order valence-corrected chi connectivity index (χ4v) is 1.66. The van der Waals surface area contributed by atoms with Gasteiger partial charge in [0.15, 0.2) is 24.8 Å². The molecular formula is C13H16Cl2N2. The van der Waals surface area contributed by atoms with E-state index in [4.69, 9.17) is 0 Å². The average molecular weight is 271 g/mol. The minimum atomic E-state index is 0. The largest absolute Gasteiger partial charge is 1.00 e. The maximum Gasteiger partial charge on any atom is 0.213 e. The number of halogens is 2.